The smallest absolute Gasteiger partial charge is 0.334 e. The second-order valence-electron chi connectivity index (χ2n) is 3.70. The second kappa shape index (κ2) is 3.36. The molecular formula is C11H14O2. The summed E-state index contributed by atoms with van der Waals surface area (Å²) in [6.45, 7) is 3.79. The first kappa shape index (κ1) is 8.54. The molecule has 0 aromatic heterocycles. The van der Waals surface area contributed by atoms with E-state index in [1.807, 2.05) is 0 Å². The van der Waals surface area contributed by atoms with Crippen molar-refractivity contribution in [1.29, 1.82) is 0 Å². The lowest BCUT2D eigenvalue weighted by Gasteiger charge is -2.17. The van der Waals surface area contributed by atoms with Gasteiger partial charge in [-0.15, -0.1) is 0 Å². The van der Waals surface area contributed by atoms with Crippen LogP contribution in [0.5, 0.6) is 0 Å². The van der Waals surface area contributed by atoms with Crippen molar-refractivity contribution in [3.63, 3.8) is 0 Å². The Labute approximate surface area is 78.3 Å². The molecule has 2 atom stereocenters. The third-order valence-corrected chi connectivity index (χ3v) is 2.85. The van der Waals surface area contributed by atoms with Crippen LogP contribution in [0.3, 0.4) is 0 Å². The van der Waals surface area contributed by atoms with Crippen LogP contribution in [0.15, 0.2) is 24.3 Å². The Kier molecular flexibility index (Phi) is 2.21. The zero-order valence-electron chi connectivity index (χ0n) is 7.66. The Morgan fingerprint density at radius 1 is 1.31 bits per heavy atom. The normalized spacial score (nSPS) is 36.0. The molecule has 2 nitrogen and oxygen atoms in total. The van der Waals surface area contributed by atoms with Gasteiger partial charge in [0.25, 0.3) is 0 Å². The number of carbonyl (C=O) groups is 1. The highest BCUT2D eigenvalue weighted by Gasteiger charge is 2.37. The molecule has 0 bridgehead atoms. The van der Waals surface area contributed by atoms with Gasteiger partial charge in [-0.2, -0.15) is 0 Å². The molecule has 0 unspecified atom stereocenters. The fourth-order valence-electron chi connectivity index (χ4n) is 2.06. The highest BCUT2D eigenvalue weighted by Crippen LogP contribution is 2.34. The van der Waals surface area contributed by atoms with Crippen molar-refractivity contribution < 1.29 is 9.53 Å². The average Bonchev–Trinajstić information content (AvgIpc) is 2.31. The van der Waals surface area contributed by atoms with E-state index in [1.54, 1.807) is 0 Å². The van der Waals surface area contributed by atoms with Gasteiger partial charge >= 0.3 is 5.97 Å². The second-order valence-corrected chi connectivity index (χ2v) is 3.70. The molecule has 1 saturated heterocycles. The zero-order chi connectivity index (χ0) is 9.26. The lowest BCUT2D eigenvalue weighted by atomic mass is 9.88. The number of carbonyl (C=O) groups excluding carboxylic acids is 1. The third kappa shape index (κ3) is 1.53. The summed E-state index contributed by atoms with van der Waals surface area (Å²) >= 11 is 0. The topological polar surface area (TPSA) is 26.3 Å². The lowest BCUT2D eigenvalue weighted by molar-refractivity contribution is -0.139. The monoisotopic (exact) mass is 178 g/mol. The summed E-state index contributed by atoms with van der Waals surface area (Å²) in [7, 11) is 0. The average molecular weight is 178 g/mol. The van der Waals surface area contributed by atoms with Crippen LogP contribution in [0.1, 0.15) is 25.7 Å². The van der Waals surface area contributed by atoms with Crippen LogP contribution < -0.4 is 0 Å². The Morgan fingerprint density at radius 3 is 2.77 bits per heavy atom. The molecule has 2 rings (SSSR count). The van der Waals surface area contributed by atoms with Gasteiger partial charge in [-0.25, -0.2) is 4.79 Å². The summed E-state index contributed by atoms with van der Waals surface area (Å²) in [4.78, 5) is 11.2. The van der Waals surface area contributed by atoms with Crippen molar-refractivity contribution in [1.82, 2.24) is 0 Å². The van der Waals surface area contributed by atoms with Crippen molar-refractivity contribution in [3.05, 3.63) is 24.3 Å². The maximum absolute atomic E-state index is 11.2. The number of fused-ring (bicyclic) bond motifs is 1. The lowest BCUT2D eigenvalue weighted by Crippen LogP contribution is -2.17. The van der Waals surface area contributed by atoms with Crippen LogP contribution in [0, 0.1) is 5.92 Å². The molecule has 0 aromatic carbocycles. The van der Waals surface area contributed by atoms with Crippen molar-refractivity contribution in [2.24, 2.45) is 5.92 Å². The van der Waals surface area contributed by atoms with E-state index in [-0.39, 0.29) is 18.0 Å². The maximum Gasteiger partial charge on any atom is 0.334 e. The van der Waals surface area contributed by atoms with E-state index in [9.17, 15) is 4.79 Å². The molecule has 1 fully saturated rings. The van der Waals surface area contributed by atoms with Crippen molar-refractivity contribution in [2.75, 3.05) is 0 Å². The summed E-state index contributed by atoms with van der Waals surface area (Å²) in [5.74, 6) is 0.0920. The molecule has 70 valence electrons. The minimum absolute atomic E-state index is 0.102. The Morgan fingerprint density at radius 2 is 2.00 bits per heavy atom. The highest BCUT2D eigenvalue weighted by atomic mass is 16.6. The number of rotatable bonds is 0. The quantitative estimate of drug-likeness (QED) is 0.323. The Hall–Kier alpha value is -1.05. The molecule has 1 heterocycles. The van der Waals surface area contributed by atoms with Gasteiger partial charge < -0.3 is 4.74 Å². The first-order valence-electron chi connectivity index (χ1n) is 4.84. The highest BCUT2D eigenvalue weighted by molar-refractivity contribution is 5.90. The molecule has 1 aliphatic heterocycles. The fourth-order valence-corrected chi connectivity index (χ4v) is 2.06. The Bertz CT molecular complexity index is 265. The van der Waals surface area contributed by atoms with E-state index in [1.165, 1.54) is 0 Å². The molecule has 2 aliphatic rings. The molecule has 0 aromatic rings. The Balaban J connectivity index is 2.14. The van der Waals surface area contributed by atoms with Crippen LogP contribution in [-0.2, 0) is 9.53 Å². The van der Waals surface area contributed by atoms with E-state index in [0.29, 0.717) is 5.57 Å². The van der Waals surface area contributed by atoms with Gasteiger partial charge in [0.15, 0.2) is 0 Å². The van der Waals surface area contributed by atoms with E-state index in [0.717, 1.165) is 25.7 Å². The van der Waals surface area contributed by atoms with Crippen LogP contribution in [-0.4, -0.2) is 12.1 Å². The summed E-state index contributed by atoms with van der Waals surface area (Å²) < 4.78 is 5.24. The number of esters is 1. The summed E-state index contributed by atoms with van der Waals surface area (Å²) in [6, 6.07) is 0. The van der Waals surface area contributed by atoms with Crippen LogP contribution in [0.25, 0.3) is 0 Å². The number of ether oxygens (including phenoxy) is 1. The minimum atomic E-state index is -0.183. The zero-order valence-corrected chi connectivity index (χ0v) is 7.66. The molecular weight excluding hydrogens is 164 g/mol. The van der Waals surface area contributed by atoms with Gasteiger partial charge in [0.2, 0.25) is 0 Å². The summed E-state index contributed by atoms with van der Waals surface area (Å²) in [5, 5.41) is 0. The molecule has 0 amide bonds. The largest absolute Gasteiger partial charge is 0.458 e. The molecule has 13 heavy (non-hydrogen) atoms. The van der Waals surface area contributed by atoms with Gasteiger partial charge in [-0.05, 0) is 25.7 Å². The van der Waals surface area contributed by atoms with E-state index in [4.69, 9.17) is 4.74 Å². The number of hydrogen-bond donors (Lipinski definition) is 0. The summed E-state index contributed by atoms with van der Waals surface area (Å²) in [5.41, 5.74) is 0.681. The van der Waals surface area contributed by atoms with Gasteiger partial charge in [0, 0.05) is 11.5 Å². The first-order valence-corrected chi connectivity index (χ1v) is 4.84. The fraction of sp³-hybridized carbons (Fsp3) is 0.545. The predicted molar refractivity (Wildman–Crippen MR) is 50.1 cm³/mol. The molecule has 1 aliphatic carbocycles. The van der Waals surface area contributed by atoms with Crippen LogP contribution >= 0.6 is 0 Å². The molecule has 2 heteroatoms. The molecule has 0 saturated carbocycles. The predicted octanol–water partition coefficient (Wildman–Crippen LogP) is 2.21. The van der Waals surface area contributed by atoms with Gasteiger partial charge in [-0.1, -0.05) is 18.7 Å². The van der Waals surface area contributed by atoms with E-state index < -0.39 is 0 Å². The molecule has 0 spiro atoms. The van der Waals surface area contributed by atoms with E-state index >= 15 is 0 Å². The molecule has 0 N–H and O–H groups in total. The van der Waals surface area contributed by atoms with Crippen LogP contribution in [0.2, 0.25) is 0 Å². The standard InChI is InChI=1S/C11H14O2/c1-8-9-6-4-2-3-5-7-10(9)13-11(8)12/h2-3,9-10H,1,4-7H2/b3-2-/t9-,10-/m1/s1. The first-order chi connectivity index (χ1) is 6.29. The third-order valence-electron chi connectivity index (χ3n) is 2.85. The van der Waals surface area contributed by atoms with Crippen LogP contribution in [0.4, 0.5) is 0 Å². The maximum atomic E-state index is 11.2. The number of hydrogen-bond acceptors (Lipinski definition) is 2. The van der Waals surface area contributed by atoms with Gasteiger partial charge in [0.1, 0.15) is 6.10 Å². The SMILES string of the molecule is C=C1C(=O)O[C@@H]2CC/C=C\CC[C@H]12. The van der Waals surface area contributed by atoms with Crippen molar-refractivity contribution in [2.45, 2.75) is 31.8 Å². The minimum Gasteiger partial charge on any atom is -0.458 e. The number of allylic oxidation sites excluding steroid dienone is 2. The van der Waals surface area contributed by atoms with Gasteiger partial charge in [-0.3, -0.25) is 0 Å². The van der Waals surface area contributed by atoms with Crippen molar-refractivity contribution in [3.8, 4) is 0 Å². The van der Waals surface area contributed by atoms with Gasteiger partial charge in [0.05, 0.1) is 0 Å². The van der Waals surface area contributed by atoms with Crippen molar-refractivity contribution >= 4 is 5.97 Å². The molecule has 0 radical (unpaired) electrons. The summed E-state index contributed by atoms with van der Waals surface area (Å²) in [6.07, 6.45) is 8.47. The van der Waals surface area contributed by atoms with E-state index in [2.05, 4.69) is 18.7 Å².